The van der Waals surface area contributed by atoms with Crippen LogP contribution in [0.15, 0.2) is 200 Å². The van der Waals surface area contributed by atoms with Crippen molar-refractivity contribution in [1.29, 1.82) is 0 Å². The minimum atomic E-state index is 1.12. The van der Waals surface area contributed by atoms with E-state index >= 15 is 0 Å². The fourth-order valence-electron chi connectivity index (χ4n) is 7.71. The lowest BCUT2D eigenvalue weighted by atomic mass is 9.93. The van der Waals surface area contributed by atoms with Gasteiger partial charge in [-0.3, -0.25) is 0 Å². The first kappa shape index (κ1) is 30.4. The number of benzene rings is 9. The fraction of sp³-hybridized carbons (Fsp3) is 0. The van der Waals surface area contributed by atoms with Gasteiger partial charge < -0.3 is 4.90 Å². The molecule has 0 spiro atoms. The van der Waals surface area contributed by atoms with Crippen molar-refractivity contribution < 1.29 is 0 Å². The van der Waals surface area contributed by atoms with Crippen LogP contribution in [0.4, 0.5) is 17.1 Å². The number of thiophene rings is 1. The summed E-state index contributed by atoms with van der Waals surface area (Å²) in [6.07, 6.45) is 0. The quantitative estimate of drug-likeness (QED) is 0.158. The van der Waals surface area contributed by atoms with Gasteiger partial charge in [-0.2, -0.15) is 0 Å². The van der Waals surface area contributed by atoms with Crippen molar-refractivity contribution in [2.45, 2.75) is 0 Å². The van der Waals surface area contributed by atoms with Crippen molar-refractivity contribution in [3.05, 3.63) is 200 Å². The molecule has 1 nitrogen and oxygen atoms in total. The number of nitrogens with zero attached hydrogens (tertiary/aromatic N) is 1. The summed E-state index contributed by atoms with van der Waals surface area (Å²) < 4.78 is 2.59. The van der Waals surface area contributed by atoms with Crippen LogP contribution in [-0.2, 0) is 0 Å². The van der Waals surface area contributed by atoms with Gasteiger partial charge in [0.15, 0.2) is 0 Å². The molecule has 0 radical (unpaired) electrons. The van der Waals surface area contributed by atoms with E-state index in [1.165, 1.54) is 80.8 Å². The van der Waals surface area contributed by atoms with Crippen LogP contribution in [0.3, 0.4) is 0 Å². The molecule has 2 heteroatoms. The molecule has 0 N–H and O–H groups in total. The van der Waals surface area contributed by atoms with Crippen molar-refractivity contribution in [3.8, 4) is 33.4 Å². The SMILES string of the molecule is c1ccc(-c2ccc(-c3ccc(N(c4ccc(-c5cc6ccccc6c6ccccc56)cc4)c4cccc5c4sc4ccccc45)cc3)cc2)cc1. The molecule has 0 atom stereocenters. The Labute approximate surface area is 307 Å². The Hall–Kier alpha value is -6.48. The van der Waals surface area contributed by atoms with Crippen LogP contribution in [0.25, 0.3) is 75.1 Å². The van der Waals surface area contributed by atoms with E-state index in [2.05, 4.69) is 205 Å². The van der Waals surface area contributed by atoms with Crippen LogP contribution in [0.1, 0.15) is 0 Å². The highest BCUT2D eigenvalue weighted by Gasteiger charge is 2.19. The second kappa shape index (κ2) is 12.7. The summed E-state index contributed by atoms with van der Waals surface area (Å²) in [6.45, 7) is 0. The van der Waals surface area contributed by atoms with Crippen molar-refractivity contribution >= 4 is 70.1 Å². The summed E-state index contributed by atoms with van der Waals surface area (Å²) in [7, 11) is 0. The van der Waals surface area contributed by atoms with E-state index in [-0.39, 0.29) is 0 Å². The van der Waals surface area contributed by atoms with Gasteiger partial charge >= 0.3 is 0 Å². The van der Waals surface area contributed by atoms with Gasteiger partial charge in [0.05, 0.1) is 10.4 Å². The summed E-state index contributed by atoms with van der Waals surface area (Å²) >= 11 is 1.87. The average molecular weight is 680 g/mol. The average Bonchev–Trinajstić information content (AvgIpc) is 3.61. The molecule has 52 heavy (non-hydrogen) atoms. The molecule has 1 heterocycles. The molecule has 0 saturated heterocycles. The van der Waals surface area contributed by atoms with Gasteiger partial charge in [-0.05, 0) is 97.4 Å². The Balaban J connectivity index is 1.08. The summed E-state index contributed by atoms with van der Waals surface area (Å²) in [4.78, 5) is 2.42. The summed E-state index contributed by atoms with van der Waals surface area (Å²) in [5.74, 6) is 0. The summed E-state index contributed by atoms with van der Waals surface area (Å²) in [5.41, 5.74) is 10.7. The van der Waals surface area contributed by atoms with E-state index in [1.807, 2.05) is 11.3 Å². The van der Waals surface area contributed by atoms with Crippen molar-refractivity contribution in [2.24, 2.45) is 0 Å². The largest absolute Gasteiger partial charge is 0.309 e. The molecule has 0 aliphatic rings. The van der Waals surface area contributed by atoms with Gasteiger partial charge in [0.25, 0.3) is 0 Å². The first-order valence-corrected chi connectivity index (χ1v) is 18.6. The molecule has 0 aliphatic carbocycles. The molecule has 0 unspecified atom stereocenters. The monoisotopic (exact) mass is 679 g/mol. The molecule has 244 valence electrons. The number of rotatable bonds is 6. The minimum absolute atomic E-state index is 1.12. The standard InChI is InChI=1S/C50H33NS/c1-2-11-34(12-3-1)35-21-23-36(24-22-35)37-25-29-40(30-26-37)51(48-19-10-18-46-45-17-8-9-20-49(45)52-50(46)48)41-31-27-38(28-32-41)47-33-39-13-4-5-14-42(39)43-15-6-7-16-44(43)47/h1-33H. The Morgan fingerprint density at radius 2 is 0.827 bits per heavy atom. The number of hydrogen-bond donors (Lipinski definition) is 0. The van der Waals surface area contributed by atoms with Gasteiger partial charge in [0.2, 0.25) is 0 Å². The second-order valence-electron chi connectivity index (χ2n) is 13.3. The Morgan fingerprint density at radius 3 is 1.52 bits per heavy atom. The van der Waals surface area contributed by atoms with Crippen molar-refractivity contribution in [3.63, 3.8) is 0 Å². The third kappa shape index (κ3) is 5.24. The third-order valence-electron chi connectivity index (χ3n) is 10.3. The van der Waals surface area contributed by atoms with E-state index in [9.17, 15) is 0 Å². The van der Waals surface area contributed by atoms with Crippen LogP contribution in [0, 0.1) is 0 Å². The molecule has 0 fully saturated rings. The Morgan fingerprint density at radius 1 is 0.327 bits per heavy atom. The smallest absolute Gasteiger partial charge is 0.0640 e. The maximum absolute atomic E-state index is 2.42. The Kier molecular flexibility index (Phi) is 7.41. The molecule has 0 amide bonds. The topological polar surface area (TPSA) is 3.24 Å². The predicted molar refractivity (Wildman–Crippen MR) is 225 cm³/mol. The van der Waals surface area contributed by atoms with E-state index in [0.29, 0.717) is 0 Å². The lowest BCUT2D eigenvalue weighted by Gasteiger charge is -2.26. The number of hydrogen-bond acceptors (Lipinski definition) is 2. The maximum Gasteiger partial charge on any atom is 0.0640 e. The van der Waals surface area contributed by atoms with Crippen LogP contribution < -0.4 is 4.90 Å². The van der Waals surface area contributed by atoms with Crippen LogP contribution in [0.5, 0.6) is 0 Å². The zero-order valence-electron chi connectivity index (χ0n) is 28.4. The minimum Gasteiger partial charge on any atom is -0.309 e. The molecule has 0 aliphatic heterocycles. The zero-order valence-corrected chi connectivity index (χ0v) is 29.2. The van der Waals surface area contributed by atoms with E-state index in [0.717, 1.165) is 11.4 Å². The predicted octanol–water partition coefficient (Wildman–Crippen LogP) is 14.8. The molecular weight excluding hydrogens is 647 g/mol. The van der Waals surface area contributed by atoms with E-state index in [4.69, 9.17) is 0 Å². The van der Waals surface area contributed by atoms with Crippen molar-refractivity contribution in [1.82, 2.24) is 0 Å². The normalized spacial score (nSPS) is 11.5. The molecule has 10 rings (SSSR count). The molecule has 0 saturated carbocycles. The van der Waals surface area contributed by atoms with Gasteiger partial charge in [-0.25, -0.2) is 0 Å². The van der Waals surface area contributed by atoms with Gasteiger partial charge in [0.1, 0.15) is 0 Å². The molecule has 1 aromatic heterocycles. The van der Waals surface area contributed by atoms with Crippen LogP contribution in [0.2, 0.25) is 0 Å². The van der Waals surface area contributed by atoms with Gasteiger partial charge in [0, 0.05) is 26.8 Å². The third-order valence-corrected chi connectivity index (χ3v) is 11.5. The maximum atomic E-state index is 2.42. The number of anilines is 3. The Bertz CT molecular complexity index is 2870. The first-order chi connectivity index (χ1) is 25.8. The fourth-order valence-corrected chi connectivity index (χ4v) is 8.91. The summed E-state index contributed by atoms with van der Waals surface area (Å²) in [5, 5.41) is 7.69. The van der Waals surface area contributed by atoms with E-state index in [1.54, 1.807) is 0 Å². The van der Waals surface area contributed by atoms with Crippen molar-refractivity contribution in [2.75, 3.05) is 4.90 Å². The highest BCUT2D eigenvalue weighted by atomic mass is 32.1. The zero-order chi connectivity index (χ0) is 34.4. The lowest BCUT2D eigenvalue weighted by Crippen LogP contribution is -2.10. The van der Waals surface area contributed by atoms with Crippen LogP contribution in [-0.4, -0.2) is 0 Å². The van der Waals surface area contributed by atoms with Gasteiger partial charge in [-0.1, -0.05) is 158 Å². The van der Waals surface area contributed by atoms with E-state index < -0.39 is 0 Å². The molecule has 10 aromatic rings. The van der Waals surface area contributed by atoms with Crippen LogP contribution >= 0.6 is 11.3 Å². The molecule has 0 bridgehead atoms. The first-order valence-electron chi connectivity index (χ1n) is 17.8. The summed E-state index contributed by atoms with van der Waals surface area (Å²) in [6, 6.07) is 72.8. The van der Waals surface area contributed by atoms with Gasteiger partial charge in [-0.15, -0.1) is 11.3 Å². The second-order valence-corrected chi connectivity index (χ2v) is 14.4. The highest BCUT2D eigenvalue weighted by molar-refractivity contribution is 7.26. The number of fused-ring (bicyclic) bond motifs is 6. The molecule has 9 aromatic carbocycles. The highest BCUT2D eigenvalue weighted by Crippen LogP contribution is 2.45. The lowest BCUT2D eigenvalue weighted by molar-refractivity contribution is 1.30. The molecular formula is C50H33NS.